The molecule has 0 unspecified atom stereocenters. The Labute approximate surface area is 119 Å². The molecule has 0 atom stereocenters. The first-order chi connectivity index (χ1) is 9.58. The van der Waals surface area contributed by atoms with Crippen molar-refractivity contribution in [1.29, 1.82) is 0 Å². The maximum absolute atomic E-state index is 11.3. The monoisotopic (exact) mass is 291 g/mol. The number of hydrazine groups is 1. The van der Waals surface area contributed by atoms with E-state index in [1.807, 2.05) is 5.43 Å². The van der Waals surface area contributed by atoms with Crippen molar-refractivity contribution in [3.8, 4) is 0 Å². The van der Waals surface area contributed by atoms with E-state index in [2.05, 4.69) is 15.0 Å². The molecular formula is C12H13N5O2S. The van der Waals surface area contributed by atoms with Crippen LogP contribution in [0.5, 0.6) is 0 Å². The number of hydrogen-bond acceptors (Lipinski definition) is 6. The molecule has 0 spiro atoms. The van der Waals surface area contributed by atoms with E-state index in [1.165, 1.54) is 24.0 Å². The van der Waals surface area contributed by atoms with Gasteiger partial charge in [0.15, 0.2) is 5.16 Å². The third kappa shape index (κ3) is 3.65. The summed E-state index contributed by atoms with van der Waals surface area (Å²) >= 11 is 1.37. The third-order valence-corrected chi connectivity index (χ3v) is 3.33. The smallest absolute Gasteiger partial charge is 0.266 e. The lowest BCUT2D eigenvalue weighted by molar-refractivity contribution is 0.0953. The van der Waals surface area contributed by atoms with E-state index in [-0.39, 0.29) is 11.5 Å². The van der Waals surface area contributed by atoms with Crippen molar-refractivity contribution in [2.75, 3.05) is 0 Å². The van der Waals surface area contributed by atoms with Crippen LogP contribution in [0.2, 0.25) is 0 Å². The zero-order valence-corrected chi connectivity index (χ0v) is 11.5. The van der Waals surface area contributed by atoms with Gasteiger partial charge in [0.1, 0.15) is 0 Å². The minimum atomic E-state index is -0.388. The number of nitrogen functional groups attached to an aromatic ring is 1. The van der Waals surface area contributed by atoms with Gasteiger partial charge in [-0.05, 0) is 19.1 Å². The van der Waals surface area contributed by atoms with Crippen molar-refractivity contribution < 1.29 is 4.79 Å². The normalized spacial score (nSPS) is 10.3. The Morgan fingerprint density at radius 3 is 2.90 bits per heavy atom. The van der Waals surface area contributed by atoms with Gasteiger partial charge in [-0.2, -0.15) is 0 Å². The van der Waals surface area contributed by atoms with E-state index in [0.717, 1.165) is 5.69 Å². The number of thioether (sulfide) groups is 1. The number of aromatic nitrogens is 3. The first-order valence-corrected chi connectivity index (χ1v) is 6.73. The van der Waals surface area contributed by atoms with Crippen molar-refractivity contribution in [1.82, 2.24) is 20.4 Å². The molecule has 0 saturated heterocycles. The average molecular weight is 291 g/mol. The fourth-order valence-corrected chi connectivity index (χ4v) is 2.33. The Hall–Kier alpha value is -2.19. The fraction of sp³-hybridized carbons (Fsp3) is 0.167. The minimum absolute atomic E-state index is 0.178. The molecule has 2 aromatic heterocycles. The van der Waals surface area contributed by atoms with Gasteiger partial charge in [0.2, 0.25) is 0 Å². The Balaban J connectivity index is 2.03. The summed E-state index contributed by atoms with van der Waals surface area (Å²) in [6.45, 7) is 1.76. The van der Waals surface area contributed by atoms with Gasteiger partial charge in [-0.1, -0.05) is 11.8 Å². The lowest BCUT2D eigenvalue weighted by Gasteiger charge is -2.03. The Morgan fingerprint density at radius 2 is 2.30 bits per heavy atom. The van der Waals surface area contributed by atoms with Gasteiger partial charge in [0.25, 0.3) is 11.5 Å². The van der Waals surface area contributed by atoms with E-state index in [1.54, 1.807) is 19.1 Å². The lowest BCUT2D eigenvalue weighted by atomic mass is 10.2. The summed E-state index contributed by atoms with van der Waals surface area (Å²) in [4.78, 5) is 33.5. The standard InChI is InChI=1S/C12H13N5O2S/c1-7-4-10(18)16-12(15-7)20-6-9-3-2-8(5-14-9)11(19)17-13/h2-5H,6,13H2,1H3,(H,17,19)(H,15,16,18). The van der Waals surface area contributed by atoms with Gasteiger partial charge in [0.05, 0.1) is 11.3 Å². The summed E-state index contributed by atoms with van der Waals surface area (Å²) in [7, 11) is 0. The van der Waals surface area contributed by atoms with Crippen LogP contribution in [0.1, 0.15) is 21.7 Å². The number of pyridine rings is 1. The zero-order chi connectivity index (χ0) is 14.5. The van der Waals surface area contributed by atoms with E-state index >= 15 is 0 Å². The quantitative estimate of drug-likeness (QED) is 0.246. The van der Waals surface area contributed by atoms with Crippen molar-refractivity contribution in [2.24, 2.45) is 5.84 Å². The molecule has 2 aromatic rings. The third-order valence-electron chi connectivity index (χ3n) is 2.42. The number of nitrogens with zero attached hydrogens (tertiary/aromatic N) is 2. The van der Waals surface area contributed by atoms with E-state index < -0.39 is 0 Å². The van der Waals surface area contributed by atoms with E-state index in [4.69, 9.17) is 5.84 Å². The number of aryl methyl sites for hydroxylation is 1. The lowest BCUT2D eigenvalue weighted by Crippen LogP contribution is -2.30. The summed E-state index contributed by atoms with van der Waals surface area (Å²) in [5.41, 5.74) is 3.69. The molecule has 0 fully saturated rings. The predicted molar refractivity (Wildman–Crippen MR) is 75.0 cm³/mol. The Bertz CT molecular complexity index is 668. The first kappa shape index (κ1) is 14.2. The molecule has 20 heavy (non-hydrogen) atoms. The summed E-state index contributed by atoms with van der Waals surface area (Å²) in [6, 6.07) is 4.80. The molecule has 4 N–H and O–H groups in total. The summed E-state index contributed by atoms with van der Waals surface area (Å²) in [5, 5.41) is 0.542. The summed E-state index contributed by atoms with van der Waals surface area (Å²) in [5.74, 6) is 5.18. The largest absolute Gasteiger partial charge is 0.301 e. The van der Waals surface area contributed by atoms with Crippen LogP contribution in [-0.2, 0) is 5.75 Å². The number of carbonyl (C=O) groups is 1. The minimum Gasteiger partial charge on any atom is -0.301 e. The van der Waals surface area contributed by atoms with Gasteiger partial charge in [-0.3, -0.25) is 20.0 Å². The van der Waals surface area contributed by atoms with Crippen LogP contribution in [0.25, 0.3) is 0 Å². The molecule has 2 heterocycles. The van der Waals surface area contributed by atoms with Crippen molar-refractivity contribution >= 4 is 17.7 Å². The van der Waals surface area contributed by atoms with Crippen LogP contribution < -0.4 is 16.8 Å². The number of hydrogen-bond donors (Lipinski definition) is 3. The van der Waals surface area contributed by atoms with E-state index in [0.29, 0.717) is 22.2 Å². The second kappa shape index (κ2) is 6.31. The van der Waals surface area contributed by atoms with Crippen LogP contribution in [0.3, 0.4) is 0 Å². The number of H-pyrrole nitrogens is 1. The number of amides is 1. The van der Waals surface area contributed by atoms with Gasteiger partial charge in [0, 0.05) is 23.7 Å². The molecule has 0 aromatic carbocycles. The molecule has 0 bridgehead atoms. The number of aromatic amines is 1. The molecule has 8 heteroatoms. The van der Waals surface area contributed by atoms with Crippen LogP contribution in [0.15, 0.2) is 34.3 Å². The Morgan fingerprint density at radius 1 is 1.50 bits per heavy atom. The number of rotatable bonds is 4. The van der Waals surface area contributed by atoms with Gasteiger partial charge in [-0.15, -0.1) is 0 Å². The molecule has 1 amide bonds. The van der Waals surface area contributed by atoms with Crippen molar-refractivity contribution in [2.45, 2.75) is 17.8 Å². The Kier molecular flexibility index (Phi) is 4.49. The molecule has 0 aliphatic heterocycles. The van der Waals surface area contributed by atoms with Crippen molar-refractivity contribution in [3.05, 3.63) is 51.7 Å². The van der Waals surface area contributed by atoms with Gasteiger partial charge in [-0.25, -0.2) is 10.8 Å². The molecule has 104 valence electrons. The maximum Gasteiger partial charge on any atom is 0.266 e. The fourth-order valence-electron chi connectivity index (χ4n) is 1.49. The maximum atomic E-state index is 11.3. The van der Waals surface area contributed by atoms with Crippen LogP contribution in [-0.4, -0.2) is 20.9 Å². The summed E-state index contributed by atoms with van der Waals surface area (Å²) < 4.78 is 0. The highest BCUT2D eigenvalue weighted by atomic mass is 32.2. The molecular weight excluding hydrogens is 278 g/mol. The van der Waals surface area contributed by atoms with Crippen LogP contribution >= 0.6 is 11.8 Å². The summed E-state index contributed by atoms with van der Waals surface area (Å²) in [6.07, 6.45) is 1.45. The highest BCUT2D eigenvalue weighted by Crippen LogP contribution is 2.17. The van der Waals surface area contributed by atoms with E-state index in [9.17, 15) is 9.59 Å². The first-order valence-electron chi connectivity index (χ1n) is 5.75. The van der Waals surface area contributed by atoms with Gasteiger partial charge >= 0.3 is 0 Å². The topological polar surface area (TPSA) is 114 Å². The average Bonchev–Trinajstić information content (AvgIpc) is 2.44. The molecule has 2 rings (SSSR count). The zero-order valence-electron chi connectivity index (χ0n) is 10.7. The second-order valence-corrected chi connectivity index (χ2v) is 4.96. The number of carbonyl (C=O) groups excluding carboxylic acids is 1. The predicted octanol–water partition coefficient (Wildman–Crippen LogP) is 0.369. The number of nitrogens with one attached hydrogen (secondary N) is 2. The highest BCUT2D eigenvalue weighted by Gasteiger charge is 2.05. The van der Waals surface area contributed by atoms with Gasteiger partial charge < -0.3 is 4.98 Å². The van der Waals surface area contributed by atoms with Crippen molar-refractivity contribution in [3.63, 3.8) is 0 Å². The van der Waals surface area contributed by atoms with Crippen LogP contribution in [0.4, 0.5) is 0 Å². The molecule has 7 nitrogen and oxygen atoms in total. The SMILES string of the molecule is Cc1cc(=O)[nH]c(SCc2ccc(C(=O)NN)cn2)n1. The second-order valence-electron chi connectivity index (χ2n) is 3.99. The highest BCUT2D eigenvalue weighted by molar-refractivity contribution is 7.98. The van der Waals surface area contributed by atoms with Crippen LogP contribution in [0, 0.1) is 6.92 Å². The number of nitrogens with two attached hydrogens (primary N) is 1. The molecule has 0 aliphatic rings. The molecule has 0 radical (unpaired) electrons. The molecule has 0 aliphatic carbocycles. The molecule has 0 saturated carbocycles.